The smallest absolute Gasteiger partial charge is 0.277 e. The second-order valence-corrected chi connectivity index (χ2v) is 3.14. The zero-order valence-corrected chi connectivity index (χ0v) is 9.24. The van der Waals surface area contributed by atoms with Crippen molar-refractivity contribution >= 4 is 18.1 Å². The highest BCUT2D eigenvalue weighted by Crippen LogP contribution is 2.25. The molecule has 7 heteroatoms. The van der Waals surface area contributed by atoms with Gasteiger partial charge in [0.2, 0.25) is 0 Å². The topological polar surface area (TPSA) is 95.2 Å². The Labute approximate surface area is 98.2 Å². The van der Waals surface area contributed by atoms with Gasteiger partial charge in [0.05, 0.1) is 11.0 Å². The Kier molecular flexibility index (Phi) is 5.87. The molecule has 1 aromatic carbocycles. The van der Waals surface area contributed by atoms with Gasteiger partial charge in [0, 0.05) is 11.6 Å². The minimum atomic E-state index is -0.648. The van der Waals surface area contributed by atoms with Crippen molar-refractivity contribution in [3.8, 4) is 0 Å². The summed E-state index contributed by atoms with van der Waals surface area (Å²) in [6, 6.07) is 2.81. The van der Waals surface area contributed by atoms with Crippen LogP contribution in [0.1, 0.15) is 18.0 Å². The second-order valence-electron chi connectivity index (χ2n) is 3.14. The summed E-state index contributed by atoms with van der Waals surface area (Å²) in [5, 5.41) is 10.6. The molecule has 0 aliphatic carbocycles. The fraction of sp³-hybridized carbons (Fsp3) is 0.333. The van der Waals surface area contributed by atoms with Crippen molar-refractivity contribution < 1.29 is 9.31 Å². The Hall–Kier alpha value is -1.24. The Morgan fingerprint density at radius 2 is 2.12 bits per heavy atom. The third-order valence-corrected chi connectivity index (χ3v) is 2.07. The number of nitrogens with zero attached hydrogens (tertiary/aromatic N) is 1. The number of nitro groups is 1. The molecule has 90 valence electrons. The molecule has 0 aliphatic heterocycles. The SMILES string of the molecule is Cl.NCC[C@@H](N)c1ccc(F)cc1[N+](=O)[O-]. The quantitative estimate of drug-likeness (QED) is 0.624. The first-order valence-electron chi connectivity index (χ1n) is 4.45. The van der Waals surface area contributed by atoms with Crippen LogP contribution in [0.15, 0.2) is 18.2 Å². The predicted octanol–water partition coefficient (Wildman–Crippen LogP) is 1.50. The molecule has 1 rings (SSSR count). The van der Waals surface area contributed by atoms with E-state index in [2.05, 4.69) is 0 Å². The van der Waals surface area contributed by atoms with Crippen molar-refractivity contribution in [1.82, 2.24) is 0 Å². The van der Waals surface area contributed by atoms with Crippen molar-refractivity contribution in [2.45, 2.75) is 12.5 Å². The standard InChI is InChI=1S/C9H12FN3O2.ClH/c10-6-1-2-7(8(12)3-4-11)9(5-6)13(14)15;/h1-2,5,8H,3-4,11-12H2;1H/t8-;/m1./s1. The normalized spacial score (nSPS) is 11.7. The van der Waals surface area contributed by atoms with E-state index in [9.17, 15) is 14.5 Å². The minimum Gasteiger partial charge on any atom is -0.330 e. The molecule has 0 radical (unpaired) electrons. The minimum absolute atomic E-state index is 0. The van der Waals surface area contributed by atoms with Gasteiger partial charge in [-0.2, -0.15) is 0 Å². The lowest BCUT2D eigenvalue weighted by Gasteiger charge is -2.10. The molecule has 0 bridgehead atoms. The summed E-state index contributed by atoms with van der Waals surface area (Å²) in [6.07, 6.45) is 0.423. The largest absolute Gasteiger partial charge is 0.330 e. The van der Waals surface area contributed by atoms with Crippen molar-refractivity contribution in [2.24, 2.45) is 11.5 Å². The number of hydrogen-bond donors (Lipinski definition) is 2. The molecule has 4 N–H and O–H groups in total. The summed E-state index contributed by atoms with van der Waals surface area (Å²) >= 11 is 0. The van der Waals surface area contributed by atoms with Gasteiger partial charge < -0.3 is 11.5 Å². The van der Waals surface area contributed by atoms with Crippen LogP contribution < -0.4 is 11.5 Å². The highest BCUT2D eigenvalue weighted by molar-refractivity contribution is 5.85. The van der Waals surface area contributed by atoms with Crippen LogP contribution in [0.5, 0.6) is 0 Å². The van der Waals surface area contributed by atoms with Crippen LogP contribution in [0.4, 0.5) is 10.1 Å². The van der Waals surface area contributed by atoms with Gasteiger partial charge in [0.15, 0.2) is 0 Å². The Balaban J connectivity index is 0.00000225. The van der Waals surface area contributed by atoms with E-state index < -0.39 is 16.8 Å². The number of nitro benzene ring substituents is 1. The summed E-state index contributed by atoms with van der Waals surface area (Å²) in [5.74, 6) is -0.648. The van der Waals surface area contributed by atoms with Crippen molar-refractivity contribution in [1.29, 1.82) is 0 Å². The van der Waals surface area contributed by atoms with Crippen LogP contribution in [-0.4, -0.2) is 11.5 Å². The van der Waals surface area contributed by atoms with E-state index in [4.69, 9.17) is 11.5 Å². The van der Waals surface area contributed by atoms with Crippen molar-refractivity contribution in [2.75, 3.05) is 6.54 Å². The van der Waals surface area contributed by atoms with Gasteiger partial charge in [-0.3, -0.25) is 10.1 Å². The van der Waals surface area contributed by atoms with Gasteiger partial charge in [-0.05, 0) is 25.1 Å². The first-order valence-corrected chi connectivity index (χ1v) is 4.45. The molecule has 0 fully saturated rings. The van der Waals surface area contributed by atoms with E-state index in [0.717, 1.165) is 12.1 Å². The Morgan fingerprint density at radius 3 is 2.62 bits per heavy atom. The molecule has 0 saturated heterocycles. The zero-order chi connectivity index (χ0) is 11.4. The molecule has 16 heavy (non-hydrogen) atoms. The lowest BCUT2D eigenvalue weighted by atomic mass is 10.0. The van der Waals surface area contributed by atoms with Gasteiger partial charge in [0.1, 0.15) is 5.82 Å². The highest BCUT2D eigenvalue weighted by Gasteiger charge is 2.19. The van der Waals surface area contributed by atoms with Gasteiger partial charge in [-0.25, -0.2) is 4.39 Å². The van der Waals surface area contributed by atoms with Gasteiger partial charge >= 0.3 is 0 Å². The molecular formula is C9H13ClFN3O2. The first-order chi connectivity index (χ1) is 7.06. The lowest BCUT2D eigenvalue weighted by Crippen LogP contribution is -2.16. The zero-order valence-electron chi connectivity index (χ0n) is 8.43. The number of nitrogens with two attached hydrogens (primary N) is 2. The van der Waals surface area contributed by atoms with Crippen molar-refractivity contribution in [3.05, 3.63) is 39.7 Å². The van der Waals surface area contributed by atoms with Crippen LogP contribution in [0.25, 0.3) is 0 Å². The number of hydrogen-bond acceptors (Lipinski definition) is 4. The van der Waals surface area contributed by atoms with Gasteiger partial charge in [-0.1, -0.05) is 0 Å². The number of rotatable bonds is 4. The molecule has 0 saturated carbocycles. The van der Waals surface area contributed by atoms with Crippen LogP contribution >= 0.6 is 12.4 Å². The van der Waals surface area contributed by atoms with E-state index in [1.165, 1.54) is 6.07 Å². The molecule has 1 aromatic rings. The summed E-state index contributed by atoms with van der Waals surface area (Å²) in [4.78, 5) is 9.99. The maximum Gasteiger partial charge on any atom is 0.277 e. The molecule has 1 atom stereocenters. The maximum atomic E-state index is 12.8. The third kappa shape index (κ3) is 3.41. The lowest BCUT2D eigenvalue weighted by molar-refractivity contribution is -0.385. The second kappa shape index (κ2) is 6.37. The summed E-state index contributed by atoms with van der Waals surface area (Å²) in [5.41, 5.74) is 11.0. The van der Waals surface area contributed by atoms with Crippen LogP contribution in [0.2, 0.25) is 0 Å². The predicted molar refractivity (Wildman–Crippen MR) is 60.9 cm³/mol. The average molecular weight is 250 g/mol. The first kappa shape index (κ1) is 14.8. The van der Waals surface area contributed by atoms with E-state index in [1.807, 2.05) is 0 Å². The number of halogens is 2. The van der Waals surface area contributed by atoms with E-state index in [0.29, 0.717) is 18.5 Å². The summed E-state index contributed by atoms with van der Waals surface area (Å²) in [6.45, 7) is 0.329. The molecule has 0 unspecified atom stereocenters. The monoisotopic (exact) mass is 249 g/mol. The highest BCUT2D eigenvalue weighted by atomic mass is 35.5. The number of benzene rings is 1. The molecule has 0 aliphatic rings. The van der Waals surface area contributed by atoms with Gasteiger partial charge in [0.25, 0.3) is 5.69 Å². The average Bonchev–Trinajstić information content (AvgIpc) is 2.17. The van der Waals surface area contributed by atoms with Crippen LogP contribution in [0.3, 0.4) is 0 Å². The Bertz CT molecular complexity index is 376. The maximum absolute atomic E-state index is 12.8. The molecule has 0 aromatic heterocycles. The van der Waals surface area contributed by atoms with E-state index in [1.54, 1.807) is 0 Å². The molecule has 0 spiro atoms. The summed E-state index contributed by atoms with van der Waals surface area (Å²) < 4.78 is 12.8. The fourth-order valence-corrected chi connectivity index (χ4v) is 1.32. The molecule has 5 nitrogen and oxygen atoms in total. The summed E-state index contributed by atoms with van der Waals surface area (Å²) in [7, 11) is 0. The van der Waals surface area contributed by atoms with Crippen LogP contribution in [0, 0.1) is 15.9 Å². The third-order valence-electron chi connectivity index (χ3n) is 2.07. The molecular weight excluding hydrogens is 237 g/mol. The van der Waals surface area contributed by atoms with Crippen molar-refractivity contribution in [3.63, 3.8) is 0 Å². The van der Waals surface area contributed by atoms with Gasteiger partial charge in [-0.15, -0.1) is 12.4 Å². The Morgan fingerprint density at radius 1 is 1.50 bits per heavy atom. The fourth-order valence-electron chi connectivity index (χ4n) is 1.32. The van der Waals surface area contributed by atoms with E-state index >= 15 is 0 Å². The molecule has 0 amide bonds. The van der Waals surface area contributed by atoms with E-state index in [-0.39, 0.29) is 18.1 Å². The molecule has 0 heterocycles. The van der Waals surface area contributed by atoms with Crippen LogP contribution in [-0.2, 0) is 0 Å².